The summed E-state index contributed by atoms with van der Waals surface area (Å²) in [6, 6.07) is 16.7. The van der Waals surface area contributed by atoms with Crippen molar-refractivity contribution in [2.24, 2.45) is 5.73 Å². The molecule has 1 fully saturated rings. The summed E-state index contributed by atoms with van der Waals surface area (Å²) in [6.07, 6.45) is 2.41. The molecular formula is C21H20N4O2. The van der Waals surface area contributed by atoms with Gasteiger partial charge in [0, 0.05) is 23.2 Å². The van der Waals surface area contributed by atoms with Gasteiger partial charge in [0.25, 0.3) is 5.91 Å². The molecule has 27 heavy (non-hydrogen) atoms. The molecule has 1 aliphatic heterocycles. The van der Waals surface area contributed by atoms with Crippen molar-refractivity contribution in [2.45, 2.75) is 18.9 Å². The molecule has 4 rings (SSSR count). The fraction of sp³-hybridized carbons (Fsp3) is 0.190. The molecule has 1 unspecified atom stereocenters. The Hall–Kier alpha value is -3.41. The first-order valence-corrected chi connectivity index (χ1v) is 8.81. The Morgan fingerprint density at radius 3 is 2.67 bits per heavy atom. The van der Waals surface area contributed by atoms with Crippen molar-refractivity contribution in [3.05, 3.63) is 66.4 Å². The van der Waals surface area contributed by atoms with Gasteiger partial charge in [-0.3, -0.25) is 14.6 Å². The first-order valence-electron chi connectivity index (χ1n) is 8.81. The van der Waals surface area contributed by atoms with E-state index in [1.807, 2.05) is 37.3 Å². The van der Waals surface area contributed by atoms with Gasteiger partial charge in [0.05, 0.1) is 17.4 Å². The fourth-order valence-electron chi connectivity index (χ4n) is 3.45. The van der Waals surface area contributed by atoms with Crippen molar-refractivity contribution in [3.8, 4) is 0 Å². The minimum atomic E-state index is -0.722. The monoisotopic (exact) mass is 360 g/mol. The molecule has 3 aromatic rings. The topological polar surface area (TPSA) is 88.3 Å². The lowest BCUT2D eigenvalue weighted by Crippen LogP contribution is -2.44. The molecule has 1 aliphatic rings. The maximum absolute atomic E-state index is 13.1. The SMILES string of the molecule is CC1(Nc2ccc(C(N)=O)cc2)CCN(c2cnc3ccccc3c2)C1=O. The maximum Gasteiger partial charge on any atom is 0.252 e. The van der Waals surface area contributed by atoms with Gasteiger partial charge in [0.2, 0.25) is 5.91 Å². The van der Waals surface area contributed by atoms with Crippen LogP contribution in [0.5, 0.6) is 0 Å². The third-order valence-electron chi connectivity index (χ3n) is 5.03. The van der Waals surface area contributed by atoms with Gasteiger partial charge in [-0.05, 0) is 49.7 Å². The third-order valence-corrected chi connectivity index (χ3v) is 5.03. The standard InChI is InChI=1S/C21H20N4O2/c1-21(24-16-8-6-14(7-9-16)19(22)26)10-11-25(20(21)27)17-12-15-4-2-3-5-18(15)23-13-17/h2-9,12-13,24H,10-11H2,1H3,(H2,22,26). The summed E-state index contributed by atoms with van der Waals surface area (Å²) < 4.78 is 0. The van der Waals surface area contributed by atoms with E-state index in [-0.39, 0.29) is 5.91 Å². The zero-order valence-corrected chi connectivity index (χ0v) is 15.0. The highest BCUT2D eigenvalue weighted by Gasteiger charge is 2.43. The second kappa shape index (κ2) is 6.39. The quantitative estimate of drug-likeness (QED) is 0.749. The van der Waals surface area contributed by atoms with Crippen LogP contribution in [0.25, 0.3) is 10.9 Å². The Balaban J connectivity index is 1.56. The van der Waals surface area contributed by atoms with Crippen LogP contribution in [0.4, 0.5) is 11.4 Å². The van der Waals surface area contributed by atoms with Gasteiger partial charge in [0.1, 0.15) is 5.54 Å². The molecule has 1 aromatic heterocycles. The molecule has 3 N–H and O–H groups in total. The van der Waals surface area contributed by atoms with Gasteiger partial charge in [-0.2, -0.15) is 0 Å². The van der Waals surface area contributed by atoms with Gasteiger partial charge >= 0.3 is 0 Å². The summed E-state index contributed by atoms with van der Waals surface area (Å²) >= 11 is 0. The van der Waals surface area contributed by atoms with Crippen molar-refractivity contribution in [1.82, 2.24) is 4.98 Å². The molecule has 0 bridgehead atoms. The van der Waals surface area contributed by atoms with Crippen molar-refractivity contribution in [1.29, 1.82) is 0 Å². The summed E-state index contributed by atoms with van der Waals surface area (Å²) in [7, 11) is 0. The number of benzene rings is 2. The molecule has 1 saturated heterocycles. The first kappa shape index (κ1) is 17.0. The van der Waals surface area contributed by atoms with E-state index in [9.17, 15) is 9.59 Å². The van der Waals surface area contributed by atoms with Crippen molar-refractivity contribution < 1.29 is 9.59 Å². The van der Waals surface area contributed by atoms with E-state index < -0.39 is 11.4 Å². The lowest BCUT2D eigenvalue weighted by Gasteiger charge is -2.26. The fourth-order valence-corrected chi connectivity index (χ4v) is 3.45. The number of carbonyl (C=O) groups is 2. The van der Waals surface area contributed by atoms with Gasteiger partial charge < -0.3 is 16.0 Å². The Kier molecular flexibility index (Phi) is 4.03. The van der Waals surface area contributed by atoms with Crippen LogP contribution in [0.2, 0.25) is 0 Å². The Bertz CT molecular complexity index is 1030. The molecule has 0 spiro atoms. The van der Waals surface area contributed by atoms with E-state index in [2.05, 4.69) is 10.3 Å². The molecule has 136 valence electrons. The van der Waals surface area contributed by atoms with Crippen LogP contribution in [0, 0.1) is 0 Å². The molecule has 1 atom stereocenters. The highest BCUT2D eigenvalue weighted by Crippen LogP contribution is 2.32. The largest absolute Gasteiger partial charge is 0.371 e. The minimum absolute atomic E-state index is 0.00133. The molecule has 2 heterocycles. The molecule has 6 nitrogen and oxygen atoms in total. The number of nitrogens with zero attached hydrogens (tertiary/aromatic N) is 2. The molecule has 6 heteroatoms. The number of fused-ring (bicyclic) bond motifs is 1. The lowest BCUT2D eigenvalue weighted by atomic mass is 10.00. The summed E-state index contributed by atoms with van der Waals surface area (Å²) in [4.78, 5) is 30.5. The highest BCUT2D eigenvalue weighted by molar-refractivity contribution is 6.05. The number of rotatable bonds is 4. The number of hydrogen-bond acceptors (Lipinski definition) is 4. The van der Waals surface area contributed by atoms with Gasteiger partial charge in [0.15, 0.2) is 0 Å². The number of aromatic nitrogens is 1. The Morgan fingerprint density at radius 1 is 1.19 bits per heavy atom. The van der Waals surface area contributed by atoms with Gasteiger partial charge in [-0.25, -0.2) is 0 Å². The molecule has 0 aliphatic carbocycles. The van der Waals surface area contributed by atoms with Crippen LogP contribution < -0.4 is 16.0 Å². The van der Waals surface area contributed by atoms with Crippen LogP contribution in [0.15, 0.2) is 60.8 Å². The van der Waals surface area contributed by atoms with E-state index in [1.54, 1.807) is 35.4 Å². The number of carbonyl (C=O) groups excluding carboxylic acids is 2. The number of hydrogen-bond donors (Lipinski definition) is 2. The average molecular weight is 360 g/mol. The second-order valence-corrected chi connectivity index (χ2v) is 6.99. The van der Waals surface area contributed by atoms with Crippen LogP contribution in [-0.2, 0) is 4.79 Å². The van der Waals surface area contributed by atoms with Crippen LogP contribution in [0.1, 0.15) is 23.7 Å². The number of primary amides is 1. The zero-order valence-electron chi connectivity index (χ0n) is 15.0. The minimum Gasteiger partial charge on any atom is -0.371 e. The van der Waals surface area contributed by atoms with Crippen LogP contribution in [-0.4, -0.2) is 28.9 Å². The van der Waals surface area contributed by atoms with E-state index in [1.165, 1.54) is 0 Å². The predicted octanol–water partition coefficient (Wildman–Crippen LogP) is 2.94. The maximum atomic E-state index is 13.1. The van der Waals surface area contributed by atoms with E-state index in [0.717, 1.165) is 22.3 Å². The van der Waals surface area contributed by atoms with Gasteiger partial charge in [-0.1, -0.05) is 18.2 Å². The van der Waals surface area contributed by atoms with E-state index in [4.69, 9.17) is 5.73 Å². The van der Waals surface area contributed by atoms with Gasteiger partial charge in [-0.15, -0.1) is 0 Å². The highest BCUT2D eigenvalue weighted by atomic mass is 16.2. The lowest BCUT2D eigenvalue weighted by molar-refractivity contribution is -0.120. The average Bonchev–Trinajstić information content (AvgIpc) is 2.96. The second-order valence-electron chi connectivity index (χ2n) is 6.99. The number of nitrogens with one attached hydrogen (secondary N) is 1. The summed E-state index contributed by atoms with van der Waals surface area (Å²) in [6.45, 7) is 2.51. The smallest absolute Gasteiger partial charge is 0.252 e. The van der Waals surface area contributed by atoms with Crippen LogP contribution in [0.3, 0.4) is 0 Å². The summed E-state index contributed by atoms with van der Waals surface area (Å²) in [5, 5.41) is 4.31. The van der Waals surface area contributed by atoms with E-state index in [0.29, 0.717) is 18.5 Å². The normalized spacial score (nSPS) is 19.4. The molecule has 2 amide bonds. The zero-order chi connectivity index (χ0) is 19.0. The number of nitrogens with two attached hydrogens (primary N) is 1. The number of para-hydroxylation sites is 1. The number of amides is 2. The van der Waals surface area contributed by atoms with E-state index >= 15 is 0 Å². The van der Waals surface area contributed by atoms with Crippen LogP contribution >= 0.6 is 0 Å². The Labute approximate surface area is 157 Å². The first-order chi connectivity index (χ1) is 13.0. The molecule has 0 radical (unpaired) electrons. The van der Waals surface area contributed by atoms with Crippen molar-refractivity contribution in [2.75, 3.05) is 16.8 Å². The third kappa shape index (κ3) is 3.10. The molecule has 2 aromatic carbocycles. The summed E-state index contributed by atoms with van der Waals surface area (Å²) in [5.41, 5.74) is 7.46. The molecular weight excluding hydrogens is 340 g/mol. The Morgan fingerprint density at radius 2 is 1.93 bits per heavy atom. The number of anilines is 2. The van der Waals surface area contributed by atoms with Crippen molar-refractivity contribution in [3.63, 3.8) is 0 Å². The number of pyridine rings is 1. The van der Waals surface area contributed by atoms with Crippen molar-refractivity contribution >= 4 is 34.1 Å². The summed E-state index contributed by atoms with van der Waals surface area (Å²) in [5.74, 6) is -0.474. The molecule has 0 saturated carbocycles. The predicted molar refractivity (Wildman–Crippen MR) is 106 cm³/mol.